The van der Waals surface area contributed by atoms with Gasteiger partial charge in [0.25, 0.3) is 5.91 Å². The third-order valence-corrected chi connectivity index (χ3v) is 5.46. The molecule has 2 aromatic carbocycles. The van der Waals surface area contributed by atoms with E-state index in [1.54, 1.807) is 0 Å². The van der Waals surface area contributed by atoms with Gasteiger partial charge in [0.1, 0.15) is 10.6 Å². The zero-order chi connectivity index (χ0) is 22.9. The van der Waals surface area contributed by atoms with Gasteiger partial charge < -0.3 is 25.0 Å². The van der Waals surface area contributed by atoms with Crippen LogP contribution in [0.25, 0.3) is 11.1 Å². The third kappa shape index (κ3) is 3.89. The quantitative estimate of drug-likeness (QED) is 0.505. The number of nitrogens with one attached hydrogen (secondary N) is 1. The van der Waals surface area contributed by atoms with Gasteiger partial charge in [-0.3, -0.25) is 4.79 Å². The first kappa shape index (κ1) is 22.0. The summed E-state index contributed by atoms with van der Waals surface area (Å²) in [5.41, 5.74) is -0.852. The lowest BCUT2D eigenvalue weighted by Crippen LogP contribution is -2.14. The van der Waals surface area contributed by atoms with Crippen molar-refractivity contribution >= 4 is 28.2 Å². The minimum absolute atomic E-state index is 0.0716. The molecule has 0 atom stereocenters. The highest BCUT2D eigenvalue weighted by molar-refractivity contribution is 7.15. The molecule has 3 N–H and O–H groups in total. The van der Waals surface area contributed by atoms with Gasteiger partial charge in [-0.1, -0.05) is 12.1 Å². The average Bonchev–Trinajstić information content (AvgIpc) is 3.15. The first-order valence-corrected chi connectivity index (χ1v) is 9.64. The van der Waals surface area contributed by atoms with Crippen molar-refractivity contribution in [2.75, 3.05) is 19.5 Å². The number of carboxylic acids is 1. The Morgan fingerprint density at radius 1 is 1.03 bits per heavy atom. The van der Waals surface area contributed by atoms with Gasteiger partial charge in [0, 0.05) is 16.5 Å². The number of methoxy groups -OCH3 is 2. The monoisotopic (exact) mass is 449 g/mol. The van der Waals surface area contributed by atoms with E-state index in [2.05, 4.69) is 5.32 Å². The Kier molecular flexibility index (Phi) is 6.11. The number of thiophene rings is 1. The van der Waals surface area contributed by atoms with E-state index >= 15 is 0 Å². The van der Waals surface area contributed by atoms with Gasteiger partial charge in [-0.15, -0.1) is 11.3 Å². The minimum atomic E-state index is -1.44. The van der Waals surface area contributed by atoms with Crippen LogP contribution in [0.2, 0.25) is 0 Å². The number of benzene rings is 2. The molecule has 0 radical (unpaired) electrons. The summed E-state index contributed by atoms with van der Waals surface area (Å²) in [6.07, 6.45) is 0. The van der Waals surface area contributed by atoms with E-state index in [1.807, 2.05) is 0 Å². The van der Waals surface area contributed by atoms with Gasteiger partial charge in [0.15, 0.2) is 23.1 Å². The van der Waals surface area contributed by atoms with Gasteiger partial charge in [-0.2, -0.15) is 0 Å². The Morgan fingerprint density at radius 3 is 2.35 bits per heavy atom. The van der Waals surface area contributed by atoms with Crippen LogP contribution in [0.5, 0.6) is 17.2 Å². The molecule has 1 aromatic heterocycles. The van der Waals surface area contributed by atoms with Crippen LogP contribution in [0, 0.1) is 18.6 Å². The van der Waals surface area contributed by atoms with Crippen molar-refractivity contribution in [1.29, 1.82) is 0 Å². The van der Waals surface area contributed by atoms with Crippen LogP contribution in [-0.2, 0) is 0 Å². The molecule has 31 heavy (non-hydrogen) atoms. The number of aromatic carboxylic acids is 1. The molecule has 3 aromatic rings. The normalized spacial score (nSPS) is 10.6. The fourth-order valence-corrected chi connectivity index (χ4v) is 3.93. The Labute approximate surface area is 179 Å². The van der Waals surface area contributed by atoms with Gasteiger partial charge in [0.05, 0.1) is 19.8 Å². The number of carboxylic acid groups (broad SMARTS) is 1. The van der Waals surface area contributed by atoms with Crippen molar-refractivity contribution in [3.8, 4) is 28.4 Å². The fourth-order valence-electron chi connectivity index (χ4n) is 2.98. The number of amides is 1. The summed E-state index contributed by atoms with van der Waals surface area (Å²) < 4.78 is 38.5. The highest BCUT2D eigenvalue weighted by Crippen LogP contribution is 2.41. The zero-order valence-electron chi connectivity index (χ0n) is 16.6. The summed E-state index contributed by atoms with van der Waals surface area (Å²) in [6, 6.07) is 5.27. The van der Waals surface area contributed by atoms with Crippen molar-refractivity contribution in [2.24, 2.45) is 0 Å². The molecule has 10 heteroatoms. The molecule has 7 nitrogen and oxygen atoms in total. The summed E-state index contributed by atoms with van der Waals surface area (Å²) in [6.45, 7) is 1.38. The maximum Gasteiger partial charge on any atom is 0.339 e. The van der Waals surface area contributed by atoms with Crippen LogP contribution in [0.15, 0.2) is 29.6 Å². The Bertz CT molecular complexity index is 1190. The number of hydrogen-bond acceptors (Lipinski definition) is 6. The van der Waals surface area contributed by atoms with Crippen molar-refractivity contribution in [1.82, 2.24) is 0 Å². The number of phenols is 1. The van der Waals surface area contributed by atoms with Crippen molar-refractivity contribution in [3.05, 3.63) is 58.0 Å². The number of carbonyl (C=O) groups excluding carboxylic acids is 1. The smallest absolute Gasteiger partial charge is 0.339 e. The molecule has 1 amide bonds. The van der Waals surface area contributed by atoms with Gasteiger partial charge in [-0.05, 0) is 24.6 Å². The average molecular weight is 449 g/mol. The summed E-state index contributed by atoms with van der Waals surface area (Å²) in [5, 5.41) is 23.6. The van der Waals surface area contributed by atoms with E-state index in [9.17, 15) is 28.6 Å². The first-order valence-electron chi connectivity index (χ1n) is 8.76. The zero-order valence-corrected chi connectivity index (χ0v) is 17.4. The maximum absolute atomic E-state index is 14.4. The molecule has 0 spiro atoms. The number of carbonyl (C=O) groups is 2. The van der Waals surface area contributed by atoms with E-state index in [-0.39, 0.29) is 38.8 Å². The van der Waals surface area contributed by atoms with Gasteiger partial charge in [0.2, 0.25) is 5.75 Å². The third-order valence-electron chi connectivity index (χ3n) is 4.56. The Hall–Kier alpha value is -3.66. The molecule has 0 aliphatic rings. The number of aromatic hydroxyl groups is 1. The number of anilines is 1. The number of rotatable bonds is 6. The lowest BCUT2D eigenvalue weighted by atomic mass is 10.0. The van der Waals surface area contributed by atoms with E-state index in [4.69, 9.17) is 9.47 Å². The maximum atomic E-state index is 14.4. The number of aryl methyl sites for hydroxylation is 1. The highest BCUT2D eigenvalue weighted by Gasteiger charge is 2.26. The second-order valence-corrected chi connectivity index (χ2v) is 7.25. The lowest BCUT2D eigenvalue weighted by Gasteiger charge is -2.13. The van der Waals surface area contributed by atoms with Crippen LogP contribution in [0.4, 0.5) is 13.8 Å². The SMILES string of the molecule is COc1ccc(C(=O)Nc2scc(-c3ccc(C)c(F)c3F)c2C(=O)O)c(O)c1OC. The summed E-state index contributed by atoms with van der Waals surface area (Å²) >= 11 is 0.825. The minimum Gasteiger partial charge on any atom is -0.504 e. The molecular formula is C21H17F2NO6S. The number of ether oxygens (including phenoxy) is 2. The second-order valence-electron chi connectivity index (χ2n) is 6.37. The largest absolute Gasteiger partial charge is 0.504 e. The summed E-state index contributed by atoms with van der Waals surface area (Å²) in [7, 11) is 2.64. The van der Waals surface area contributed by atoms with Crippen LogP contribution >= 0.6 is 11.3 Å². The Morgan fingerprint density at radius 2 is 1.74 bits per heavy atom. The van der Waals surface area contributed by atoms with Crippen LogP contribution in [-0.4, -0.2) is 36.3 Å². The molecule has 0 fully saturated rings. The molecule has 0 bridgehead atoms. The highest BCUT2D eigenvalue weighted by atomic mass is 32.1. The summed E-state index contributed by atoms with van der Waals surface area (Å²) in [4.78, 5) is 24.6. The fraction of sp³-hybridized carbons (Fsp3) is 0.143. The van der Waals surface area contributed by atoms with E-state index in [0.29, 0.717) is 0 Å². The molecule has 0 aliphatic carbocycles. The standard InChI is InChI=1S/C21H17F2NO6S/c1-9-4-5-10(16(23)15(9)22)12-8-31-20(14(12)21(27)28)24-19(26)11-6-7-13(29-2)18(30-3)17(11)25/h4-8,25H,1-3H3,(H,24,26)(H,27,28). The van der Waals surface area contributed by atoms with Crippen LogP contribution < -0.4 is 14.8 Å². The topological polar surface area (TPSA) is 105 Å². The molecule has 0 saturated heterocycles. The number of hydrogen-bond donors (Lipinski definition) is 3. The van der Waals surface area contributed by atoms with E-state index in [1.165, 1.54) is 50.8 Å². The molecule has 0 aliphatic heterocycles. The van der Waals surface area contributed by atoms with Crippen molar-refractivity contribution in [3.63, 3.8) is 0 Å². The molecule has 162 valence electrons. The lowest BCUT2D eigenvalue weighted by molar-refractivity contribution is 0.0699. The molecule has 1 heterocycles. The molecule has 0 unspecified atom stereocenters. The van der Waals surface area contributed by atoms with Crippen molar-refractivity contribution < 1.29 is 38.1 Å². The number of phenolic OH excluding ortho intramolecular Hbond substituents is 1. The summed E-state index contributed by atoms with van der Waals surface area (Å²) in [5.74, 6) is -4.92. The van der Waals surface area contributed by atoms with E-state index in [0.717, 1.165) is 11.3 Å². The van der Waals surface area contributed by atoms with Gasteiger partial charge in [-0.25, -0.2) is 13.6 Å². The molecular weight excluding hydrogens is 432 g/mol. The Balaban J connectivity index is 2.04. The number of halogens is 2. The van der Waals surface area contributed by atoms with Crippen molar-refractivity contribution in [2.45, 2.75) is 6.92 Å². The van der Waals surface area contributed by atoms with E-state index < -0.39 is 34.8 Å². The predicted octanol–water partition coefficient (Wildman–Crippen LogP) is 4.68. The first-order chi connectivity index (χ1) is 14.7. The second kappa shape index (κ2) is 8.60. The van der Waals surface area contributed by atoms with Crippen LogP contribution in [0.3, 0.4) is 0 Å². The molecule has 0 saturated carbocycles. The molecule has 3 rings (SSSR count). The van der Waals surface area contributed by atoms with Crippen LogP contribution in [0.1, 0.15) is 26.3 Å². The van der Waals surface area contributed by atoms with Gasteiger partial charge >= 0.3 is 5.97 Å². The predicted molar refractivity (Wildman–Crippen MR) is 111 cm³/mol.